The van der Waals surface area contributed by atoms with Gasteiger partial charge in [-0.15, -0.1) is 0 Å². The van der Waals surface area contributed by atoms with Gasteiger partial charge in [0.2, 0.25) is 11.8 Å². The predicted octanol–water partition coefficient (Wildman–Crippen LogP) is 1.94. The van der Waals surface area contributed by atoms with Crippen molar-refractivity contribution in [3.05, 3.63) is 0 Å². The van der Waals surface area contributed by atoms with Crippen LogP contribution in [-0.4, -0.2) is 34.8 Å². The molecule has 4 nitrogen and oxygen atoms in total. The first-order chi connectivity index (χ1) is 8.87. The minimum Gasteiger partial charge on any atom is -0.340 e. The van der Waals surface area contributed by atoms with E-state index in [0.29, 0.717) is 12.3 Å². The number of hydrogen-bond donors (Lipinski definition) is 1. The van der Waals surface area contributed by atoms with Gasteiger partial charge in [0.1, 0.15) is 5.54 Å². The number of amides is 2. The van der Waals surface area contributed by atoms with Gasteiger partial charge >= 0.3 is 0 Å². The standard InChI is InChI=1S/C15H26N2O2/c1-5-15(4)14(19)17(9-13(18)16-15)12-7-6-10(2)11(3)8-12/h10-12H,5-9H2,1-4H3,(H,16,18). The van der Waals surface area contributed by atoms with Gasteiger partial charge in [0, 0.05) is 6.04 Å². The average molecular weight is 266 g/mol. The van der Waals surface area contributed by atoms with Gasteiger partial charge in [-0.2, -0.15) is 0 Å². The van der Waals surface area contributed by atoms with E-state index in [0.717, 1.165) is 25.2 Å². The van der Waals surface area contributed by atoms with E-state index in [4.69, 9.17) is 0 Å². The highest BCUT2D eigenvalue weighted by atomic mass is 16.2. The van der Waals surface area contributed by atoms with Crippen molar-refractivity contribution in [2.24, 2.45) is 11.8 Å². The summed E-state index contributed by atoms with van der Waals surface area (Å²) in [5.41, 5.74) is -0.707. The summed E-state index contributed by atoms with van der Waals surface area (Å²) in [6.07, 6.45) is 3.86. The molecule has 1 heterocycles. The zero-order valence-electron chi connectivity index (χ0n) is 12.5. The molecule has 0 radical (unpaired) electrons. The second-order valence-electron chi connectivity index (χ2n) is 6.59. The Morgan fingerprint density at radius 3 is 2.53 bits per heavy atom. The predicted molar refractivity (Wildman–Crippen MR) is 74.5 cm³/mol. The third kappa shape index (κ3) is 2.63. The van der Waals surface area contributed by atoms with E-state index >= 15 is 0 Å². The molecular formula is C15H26N2O2. The van der Waals surface area contributed by atoms with Crippen LogP contribution in [0.15, 0.2) is 0 Å². The highest BCUT2D eigenvalue weighted by Crippen LogP contribution is 2.33. The molecule has 4 atom stereocenters. The molecule has 4 unspecified atom stereocenters. The topological polar surface area (TPSA) is 49.4 Å². The Morgan fingerprint density at radius 2 is 1.95 bits per heavy atom. The van der Waals surface area contributed by atoms with E-state index < -0.39 is 5.54 Å². The molecule has 0 aromatic heterocycles. The molecule has 0 bridgehead atoms. The van der Waals surface area contributed by atoms with Crippen molar-refractivity contribution in [3.63, 3.8) is 0 Å². The highest BCUT2D eigenvalue weighted by Gasteiger charge is 2.44. The van der Waals surface area contributed by atoms with E-state index in [2.05, 4.69) is 19.2 Å². The van der Waals surface area contributed by atoms with E-state index in [1.54, 1.807) is 0 Å². The van der Waals surface area contributed by atoms with Gasteiger partial charge in [0.05, 0.1) is 6.54 Å². The molecule has 1 saturated carbocycles. The summed E-state index contributed by atoms with van der Waals surface area (Å²) in [7, 11) is 0. The van der Waals surface area contributed by atoms with Crippen molar-refractivity contribution >= 4 is 11.8 Å². The largest absolute Gasteiger partial charge is 0.340 e. The van der Waals surface area contributed by atoms with Crippen LogP contribution in [0, 0.1) is 11.8 Å². The van der Waals surface area contributed by atoms with Crippen LogP contribution >= 0.6 is 0 Å². The van der Waals surface area contributed by atoms with Gasteiger partial charge in [0.15, 0.2) is 0 Å². The van der Waals surface area contributed by atoms with Crippen LogP contribution in [0.1, 0.15) is 53.4 Å². The summed E-state index contributed by atoms with van der Waals surface area (Å²) in [5.74, 6) is 1.43. The molecule has 0 aromatic rings. The smallest absolute Gasteiger partial charge is 0.248 e. The fourth-order valence-electron chi connectivity index (χ4n) is 3.28. The lowest BCUT2D eigenvalue weighted by atomic mass is 9.78. The van der Waals surface area contributed by atoms with Crippen LogP contribution in [0.25, 0.3) is 0 Å². The Labute approximate surface area is 115 Å². The molecule has 0 aromatic carbocycles. The molecule has 19 heavy (non-hydrogen) atoms. The van der Waals surface area contributed by atoms with Gasteiger partial charge in [-0.1, -0.05) is 20.8 Å². The van der Waals surface area contributed by atoms with Crippen LogP contribution in [0.5, 0.6) is 0 Å². The molecular weight excluding hydrogens is 240 g/mol. The molecule has 2 amide bonds. The Morgan fingerprint density at radius 1 is 1.26 bits per heavy atom. The lowest BCUT2D eigenvalue weighted by Crippen LogP contribution is -2.67. The Bertz CT molecular complexity index is 382. The Balaban J connectivity index is 2.15. The Kier molecular flexibility index (Phi) is 3.88. The summed E-state index contributed by atoms with van der Waals surface area (Å²) in [5, 5.41) is 2.85. The monoisotopic (exact) mass is 266 g/mol. The van der Waals surface area contributed by atoms with E-state index in [-0.39, 0.29) is 24.4 Å². The molecule has 1 saturated heterocycles. The average Bonchev–Trinajstić information content (AvgIpc) is 2.37. The molecule has 1 aliphatic heterocycles. The summed E-state index contributed by atoms with van der Waals surface area (Å²) in [6.45, 7) is 8.56. The molecule has 108 valence electrons. The highest BCUT2D eigenvalue weighted by molar-refractivity contribution is 5.97. The number of nitrogens with one attached hydrogen (secondary N) is 1. The number of carbonyl (C=O) groups is 2. The van der Waals surface area contributed by atoms with Crippen molar-refractivity contribution in [2.75, 3.05) is 6.54 Å². The second-order valence-corrected chi connectivity index (χ2v) is 6.59. The summed E-state index contributed by atoms with van der Waals surface area (Å²) in [6, 6.07) is 0.246. The van der Waals surface area contributed by atoms with Gasteiger partial charge in [-0.3, -0.25) is 9.59 Å². The maximum Gasteiger partial charge on any atom is 0.248 e. The summed E-state index contributed by atoms with van der Waals surface area (Å²) in [4.78, 5) is 26.3. The first-order valence-corrected chi connectivity index (χ1v) is 7.49. The molecule has 4 heteroatoms. The normalized spacial score (nSPS) is 40.2. The van der Waals surface area contributed by atoms with E-state index in [1.165, 1.54) is 0 Å². The third-order valence-corrected chi connectivity index (χ3v) is 5.18. The third-order valence-electron chi connectivity index (χ3n) is 5.18. The van der Waals surface area contributed by atoms with Crippen LogP contribution < -0.4 is 5.32 Å². The van der Waals surface area contributed by atoms with Gasteiger partial charge in [-0.05, 0) is 44.4 Å². The quantitative estimate of drug-likeness (QED) is 0.830. The zero-order valence-corrected chi connectivity index (χ0v) is 12.5. The van der Waals surface area contributed by atoms with Crippen LogP contribution in [0.3, 0.4) is 0 Å². The number of carbonyl (C=O) groups excluding carboxylic acids is 2. The number of piperazine rings is 1. The van der Waals surface area contributed by atoms with Crippen molar-refractivity contribution < 1.29 is 9.59 Å². The molecule has 2 aliphatic rings. The Hall–Kier alpha value is -1.06. The fraction of sp³-hybridized carbons (Fsp3) is 0.867. The molecule has 1 N–H and O–H groups in total. The van der Waals surface area contributed by atoms with Crippen molar-refractivity contribution in [3.8, 4) is 0 Å². The van der Waals surface area contributed by atoms with E-state index in [9.17, 15) is 9.59 Å². The SMILES string of the molecule is CCC1(C)NC(=O)CN(C2CCC(C)C(C)C2)C1=O. The van der Waals surface area contributed by atoms with Crippen molar-refractivity contribution in [1.82, 2.24) is 10.2 Å². The van der Waals surface area contributed by atoms with Crippen LogP contribution in [0.2, 0.25) is 0 Å². The second kappa shape index (κ2) is 5.14. The first kappa shape index (κ1) is 14.4. The maximum absolute atomic E-state index is 12.6. The van der Waals surface area contributed by atoms with Gasteiger partial charge in [0.25, 0.3) is 0 Å². The number of hydrogen-bond acceptors (Lipinski definition) is 2. The van der Waals surface area contributed by atoms with Gasteiger partial charge in [-0.25, -0.2) is 0 Å². The maximum atomic E-state index is 12.6. The lowest BCUT2D eigenvalue weighted by molar-refractivity contribution is -0.153. The summed E-state index contributed by atoms with van der Waals surface area (Å²) >= 11 is 0. The van der Waals surface area contributed by atoms with Crippen LogP contribution in [-0.2, 0) is 9.59 Å². The molecule has 0 spiro atoms. The van der Waals surface area contributed by atoms with Crippen molar-refractivity contribution in [2.45, 2.75) is 65.0 Å². The fourth-order valence-corrected chi connectivity index (χ4v) is 3.28. The molecule has 1 aliphatic carbocycles. The number of rotatable bonds is 2. The minimum absolute atomic E-state index is 0.0183. The van der Waals surface area contributed by atoms with Crippen molar-refractivity contribution in [1.29, 1.82) is 0 Å². The minimum atomic E-state index is -0.707. The van der Waals surface area contributed by atoms with E-state index in [1.807, 2.05) is 18.7 Å². The zero-order chi connectivity index (χ0) is 14.2. The summed E-state index contributed by atoms with van der Waals surface area (Å²) < 4.78 is 0. The van der Waals surface area contributed by atoms with Gasteiger partial charge < -0.3 is 10.2 Å². The van der Waals surface area contributed by atoms with Crippen LogP contribution in [0.4, 0.5) is 0 Å². The first-order valence-electron chi connectivity index (χ1n) is 7.49. The lowest BCUT2D eigenvalue weighted by Gasteiger charge is -2.45. The number of nitrogens with zero attached hydrogens (tertiary/aromatic N) is 1. The molecule has 2 rings (SSSR count). The molecule has 2 fully saturated rings.